The molecule has 154 valence electrons. The number of hydrogen-bond acceptors (Lipinski definition) is 7. The summed E-state index contributed by atoms with van der Waals surface area (Å²) in [5.41, 5.74) is 0.566. The molecule has 0 aliphatic heterocycles. The molecule has 0 atom stereocenters. The Morgan fingerprint density at radius 3 is 2.24 bits per heavy atom. The van der Waals surface area contributed by atoms with E-state index in [1.54, 1.807) is 12.1 Å². The molecule has 0 N–H and O–H groups in total. The van der Waals surface area contributed by atoms with Crippen LogP contribution in [-0.2, 0) is 16.1 Å². The van der Waals surface area contributed by atoms with Crippen molar-refractivity contribution < 1.29 is 28.7 Å². The number of methoxy groups -OCH3 is 1. The molecule has 0 aliphatic carbocycles. The van der Waals surface area contributed by atoms with Gasteiger partial charge in [-0.2, -0.15) is 0 Å². The fourth-order valence-corrected chi connectivity index (χ4v) is 2.62. The Kier molecular flexibility index (Phi) is 8.14. The van der Waals surface area contributed by atoms with Crippen molar-refractivity contribution in [2.75, 3.05) is 13.7 Å². The zero-order valence-corrected chi connectivity index (χ0v) is 16.4. The lowest BCUT2D eigenvalue weighted by atomic mass is 10.1. The molecule has 0 saturated heterocycles. The van der Waals surface area contributed by atoms with Crippen molar-refractivity contribution in [3.8, 4) is 5.75 Å². The number of nitro benzene ring substituents is 1. The van der Waals surface area contributed by atoms with Crippen molar-refractivity contribution in [1.82, 2.24) is 0 Å². The molecule has 2 rings (SSSR count). The molecule has 0 saturated carbocycles. The summed E-state index contributed by atoms with van der Waals surface area (Å²) >= 11 is 0. The second-order valence-electron chi connectivity index (χ2n) is 6.23. The summed E-state index contributed by atoms with van der Waals surface area (Å²) in [5, 5.41) is 11.0. The zero-order valence-electron chi connectivity index (χ0n) is 16.4. The summed E-state index contributed by atoms with van der Waals surface area (Å²) in [5.74, 6) is -1.20. The van der Waals surface area contributed by atoms with Gasteiger partial charge in [0.15, 0.2) is 5.75 Å². The highest BCUT2D eigenvalue weighted by atomic mass is 16.6. The molecule has 0 radical (unpaired) electrons. The monoisotopic (exact) mass is 401 g/mol. The van der Waals surface area contributed by atoms with Crippen LogP contribution in [0.5, 0.6) is 5.75 Å². The van der Waals surface area contributed by atoms with Crippen LogP contribution >= 0.6 is 0 Å². The first-order valence-corrected chi connectivity index (χ1v) is 9.22. The number of nitro groups is 1. The lowest BCUT2D eigenvalue weighted by Crippen LogP contribution is -2.14. The van der Waals surface area contributed by atoms with Gasteiger partial charge in [0.25, 0.3) is 0 Å². The first-order valence-electron chi connectivity index (χ1n) is 9.22. The summed E-state index contributed by atoms with van der Waals surface area (Å²) in [6, 6.07) is 10.4. The molecule has 0 amide bonds. The van der Waals surface area contributed by atoms with Crippen molar-refractivity contribution in [2.45, 2.75) is 32.8 Å². The van der Waals surface area contributed by atoms with Gasteiger partial charge in [-0.15, -0.1) is 0 Å². The third-order valence-electron chi connectivity index (χ3n) is 4.16. The summed E-state index contributed by atoms with van der Waals surface area (Å²) in [6.45, 7) is 2.21. The highest BCUT2D eigenvalue weighted by molar-refractivity contribution is 6.03. The number of rotatable bonds is 10. The zero-order chi connectivity index (χ0) is 21.2. The Hall–Kier alpha value is -3.42. The summed E-state index contributed by atoms with van der Waals surface area (Å²) in [7, 11) is 1.32. The van der Waals surface area contributed by atoms with E-state index in [4.69, 9.17) is 14.2 Å². The van der Waals surface area contributed by atoms with Gasteiger partial charge in [-0.25, -0.2) is 9.59 Å². The maximum absolute atomic E-state index is 12.5. The van der Waals surface area contributed by atoms with Gasteiger partial charge in [0, 0.05) is 6.07 Å². The number of nitrogens with zero attached hydrogens (tertiary/aromatic N) is 1. The topological polar surface area (TPSA) is 105 Å². The van der Waals surface area contributed by atoms with Crippen LogP contribution in [0.15, 0.2) is 42.5 Å². The molecular formula is C21H23NO7. The normalized spacial score (nSPS) is 10.3. The third-order valence-corrected chi connectivity index (χ3v) is 4.16. The van der Waals surface area contributed by atoms with Gasteiger partial charge in [-0.05, 0) is 36.2 Å². The van der Waals surface area contributed by atoms with Crippen molar-refractivity contribution in [3.63, 3.8) is 0 Å². The number of unbranched alkanes of at least 4 members (excludes halogenated alkanes) is 2. The van der Waals surface area contributed by atoms with Gasteiger partial charge in [-0.1, -0.05) is 31.9 Å². The molecule has 29 heavy (non-hydrogen) atoms. The van der Waals surface area contributed by atoms with E-state index in [2.05, 4.69) is 0 Å². The van der Waals surface area contributed by atoms with Crippen LogP contribution in [-0.4, -0.2) is 30.6 Å². The molecule has 8 heteroatoms. The lowest BCUT2D eigenvalue weighted by molar-refractivity contribution is -0.385. The van der Waals surface area contributed by atoms with Crippen LogP contribution in [0.3, 0.4) is 0 Å². The second-order valence-corrected chi connectivity index (χ2v) is 6.23. The lowest BCUT2D eigenvalue weighted by Gasteiger charge is -2.10. The Morgan fingerprint density at radius 2 is 1.66 bits per heavy atom. The summed E-state index contributed by atoms with van der Waals surface area (Å²) in [6.07, 6.45) is 2.72. The maximum atomic E-state index is 12.5. The van der Waals surface area contributed by atoms with Gasteiger partial charge in [0.05, 0.1) is 29.8 Å². The average molecular weight is 401 g/mol. The molecule has 0 fully saturated rings. The quantitative estimate of drug-likeness (QED) is 0.253. The minimum absolute atomic E-state index is 0.0691. The minimum atomic E-state index is -0.691. The number of carbonyl (C=O) groups is 2. The molecule has 0 bridgehead atoms. The molecule has 2 aromatic rings. The smallest absolute Gasteiger partial charge is 0.339 e. The minimum Gasteiger partial charge on any atom is -0.490 e. The van der Waals surface area contributed by atoms with Crippen LogP contribution < -0.4 is 4.74 Å². The third kappa shape index (κ3) is 6.03. The molecule has 0 heterocycles. The van der Waals surface area contributed by atoms with Gasteiger partial charge in [0.2, 0.25) is 0 Å². The maximum Gasteiger partial charge on any atom is 0.339 e. The van der Waals surface area contributed by atoms with E-state index in [-0.39, 0.29) is 29.2 Å². The van der Waals surface area contributed by atoms with Crippen LogP contribution in [0.2, 0.25) is 0 Å². The van der Waals surface area contributed by atoms with Crippen LogP contribution in [0.1, 0.15) is 52.5 Å². The van der Waals surface area contributed by atoms with Crippen molar-refractivity contribution in [2.24, 2.45) is 0 Å². The Balaban J connectivity index is 2.06. The first kappa shape index (κ1) is 21.9. The van der Waals surface area contributed by atoms with Gasteiger partial charge in [0.1, 0.15) is 6.61 Å². The standard InChI is InChI=1S/C21H23NO7/c1-3-4-7-12-28-20(23)16-8-5-6-9-17(16)21(24)29-14-15-10-11-18(22(25)26)19(13-15)27-2/h5-6,8-11,13H,3-4,7,12,14H2,1-2H3. The Morgan fingerprint density at radius 1 is 1.00 bits per heavy atom. The van der Waals surface area contributed by atoms with E-state index >= 15 is 0 Å². The van der Waals surface area contributed by atoms with Crippen molar-refractivity contribution in [1.29, 1.82) is 0 Å². The van der Waals surface area contributed by atoms with Crippen LogP contribution in [0, 0.1) is 10.1 Å². The molecule has 0 aliphatic rings. The number of ether oxygens (including phenoxy) is 3. The summed E-state index contributed by atoms with van der Waals surface area (Å²) < 4.78 is 15.5. The second kappa shape index (κ2) is 10.8. The molecule has 2 aromatic carbocycles. The van der Waals surface area contributed by atoms with Gasteiger partial charge in [-0.3, -0.25) is 10.1 Å². The SMILES string of the molecule is CCCCCOC(=O)c1ccccc1C(=O)OCc1ccc([N+](=O)[O-])c(OC)c1. The Bertz CT molecular complexity index is 879. The fraction of sp³-hybridized carbons (Fsp3) is 0.333. The molecule has 0 aromatic heterocycles. The highest BCUT2D eigenvalue weighted by Gasteiger charge is 2.20. The molecule has 0 spiro atoms. The summed E-state index contributed by atoms with van der Waals surface area (Å²) in [4.78, 5) is 35.2. The molecular weight excluding hydrogens is 378 g/mol. The number of hydrogen-bond donors (Lipinski definition) is 0. The van der Waals surface area contributed by atoms with Crippen molar-refractivity contribution >= 4 is 17.6 Å². The number of carbonyl (C=O) groups excluding carboxylic acids is 2. The highest BCUT2D eigenvalue weighted by Crippen LogP contribution is 2.28. The van der Waals surface area contributed by atoms with Crippen molar-refractivity contribution in [3.05, 3.63) is 69.3 Å². The van der Waals surface area contributed by atoms with E-state index in [0.717, 1.165) is 19.3 Å². The van der Waals surface area contributed by atoms with E-state index in [0.29, 0.717) is 12.2 Å². The number of esters is 2. The van der Waals surface area contributed by atoms with Crippen LogP contribution in [0.4, 0.5) is 5.69 Å². The van der Waals surface area contributed by atoms with Gasteiger partial charge >= 0.3 is 17.6 Å². The Labute approximate surface area is 168 Å². The molecule has 8 nitrogen and oxygen atoms in total. The predicted octanol–water partition coefficient (Wildman–Crippen LogP) is 4.31. The van der Waals surface area contributed by atoms with E-state index < -0.39 is 16.9 Å². The van der Waals surface area contributed by atoms with E-state index in [1.807, 2.05) is 6.92 Å². The van der Waals surface area contributed by atoms with Gasteiger partial charge < -0.3 is 14.2 Å². The average Bonchev–Trinajstić information content (AvgIpc) is 2.74. The number of benzene rings is 2. The largest absolute Gasteiger partial charge is 0.490 e. The molecule has 0 unspecified atom stereocenters. The van der Waals surface area contributed by atoms with Crippen LogP contribution in [0.25, 0.3) is 0 Å². The van der Waals surface area contributed by atoms with E-state index in [9.17, 15) is 19.7 Å². The van der Waals surface area contributed by atoms with E-state index in [1.165, 1.54) is 37.4 Å². The fourth-order valence-electron chi connectivity index (χ4n) is 2.62. The predicted molar refractivity (Wildman–Crippen MR) is 105 cm³/mol. The first-order chi connectivity index (χ1) is 14.0.